The molecule has 7 nitrogen and oxygen atoms in total. The van der Waals surface area contributed by atoms with Crippen molar-refractivity contribution in [2.75, 3.05) is 25.0 Å². The summed E-state index contributed by atoms with van der Waals surface area (Å²) in [6.07, 6.45) is 4.33. The number of anilines is 1. The normalized spacial score (nSPS) is 26.2. The minimum Gasteiger partial charge on any atom is -0.439 e. The molecule has 2 N–H and O–H groups in total. The van der Waals surface area contributed by atoms with Crippen molar-refractivity contribution in [2.24, 2.45) is 5.92 Å². The first-order valence-electron chi connectivity index (χ1n) is 7.84. The number of pyridine rings is 1. The van der Waals surface area contributed by atoms with Gasteiger partial charge in [0, 0.05) is 30.6 Å². The zero-order valence-electron chi connectivity index (χ0n) is 12.6. The lowest BCUT2D eigenvalue weighted by atomic mass is 9.97. The topological polar surface area (TPSA) is 87.5 Å². The minimum absolute atomic E-state index is 0.162. The van der Waals surface area contributed by atoms with E-state index in [0.717, 1.165) is 31.4 Å². The van der Waals surface area contributed by atoms with E-state index in [9.17, 15) is 9.59 Å². The molecule has 0 aliphatic carbocycles. The molecule has 2 aromatic heterocycles. The number of carbonyl (C=O) groups is 2. The van der Waals surface area contributed by atoms with Crippen molar-refractivity contribution < 1.29 is 14.0 Å². The Kier molecular flexibility index (Phi) is 3.49. The number of furan rings is 1. The maximum Gasteiger partial charge on any atom is 0.270 e. The molecule has 2 fully saturated rings. The van der Waals surface area contributed by atoms with Crippen LogP contribution in [0.1, 0.15) is 23.3 Å². The summed E-state index contributed by atoms with van der Waals surface area (Å²) in [5.41, 5.74) is 0.900. The fourth-order valence-corrected chi connectivity index (χ4v) is 3.62. The molecule has 4 rings (SSSR count). The van der Waals surface area contributed by atoms with Crippen molar-refractivity contribution in [1.82, 2.24) is 15.2 Å². The van der Waals surface area contributed by atoms with Crippen LogP contribution in [0.3, 0.4) is 0 Å². The van der Waals surface area contributed by atoms with E-state index >= 15 is 0 Å². The summed E-state index contributed by atoms with van der Waals surface area (Å²) in [4.78, 5) is 29.4. The Balaban J connectivity index is 1.49. The molecular formula is C16H18N4O3. The van der Waals surface area contributed by atoms with Gasteiger partial charge in [0.1, 0.15) is 5.69 Å². The van der Waals surface area contributed by atoms with Gasteiger partial charge in [-0.1, -0.05) is 0 Å². The summed E-state index contributed by atoms with van der Waals surface area (Å²) in [6, 6.07) is 3.55. The number of hydrogen-bond acceptors (Lipinski definition) is 5. The van der Waals surface area contributed by atoms with E-state index in [2.05, 4.69) is 20.5 Å². The van der Waals surface area contributed by atoms with Crippen LogP contribution in [0.25, 0.3) is 11.0 Å². The molecule has 7 heteroatoms. The molecule has 23 heavy (non-hydrogen) atoms. The molecule has 0 saturated carbocycles. The number of aromatic nitrogens is 1. The second-order valence-electron chi connectivity index (χ2n) is 6.30. The number of hydrogen-bond donors (Lipinski definition) is 2. The fraction of sp³-hybridized carbons (Fsp3) is 0.438. The minimum atomic E-state index is -0.162. The lowest BCUT2D eigenvalue weighted by molar-refractivity contribution is -0.105. The number of carbonyl (C=O) groups excluding carboxylic acids is 2. The van der Waals surface area contributed by atoms with Crippen LogP contribution in [0.15, 0.2) is 22.7 Å². The van der Waals surface area contributed by atoms with E-state index in [4.69, 9.17) is 4.42 Å². The molecule has 0 aromatic carbocycles. The molecule has 2 bridgehead atoms. The Labute approximate surface area is 133 Å². The molecule has 2 aromatic rings. The average Bonchev–Trinajstić information content (AvgIpc) is 3.09. The smallest absolute Gasteiger partial charge is 0.270 e. The van der Waals surface area contributed by atoms with Crippen LogP contribution in [0.4, 0.5) is 5.88 Å². The van der Waals surface area contributed by atoms with Crippen molar-refractivity contribution in [2.45, 2.75) is 18.9 Å². The average molecular weight is 314 g/mol. The third kappa shape index (κ3) is 2.79. The quantitative estimate of drug-likeness (QED) is 0.829. The third-order valence-corrected chi connectivity index (χ3v) is 4.64. The number of rotatable bonds is 4. The molecule has 2 amide bonds. The van der Waals surface area contributed by atoms with Crippen LogP contribution in [0.5, 0.6) is 0 Å². The van der Waals surface area contributed by atoms with Gasteiger partial charge in [-0.2, -0.15) is 0 Å². The van der Waals surface area contributed by atoms with E-state index < -0.39 is 0 Å². The van der Waals surface area contributed by atoms with Gasteiger partial charge in [-0.05, 0) is 31.4 Å². The van der Waals surface area contributed by atoms with Gasteiger partial charge in [-0.25, -0.2) is 4.98 Å². The van der Waals surface area contributed by atoms with Gasteiger partial charge in [0.2, 0.25) is 12.3 Å². The summed E-state index contributed by atoms with van der Waals surface area (Å²) in [7, 11) is 0. The first-order valence-corrected chi connectivity index (χ1v) is 7.84. The first kappa shape index (κ1) is 14.2. The Bertz CT molecular complexity index is 745. The summed E-state index contributed by atoms with van der Waals surface area (Å²) in [5.74, 6) is 0.881. The van der Waals surface area contributed by atoms with Gasteiger partial charge < -0.3 is 14.6 Å². The van der Waals surface area contributed by atoms with Crippen molar-refractivity contribution in [1.29, 1.82) is 0 Å². The highest BCUT2D eigenvalue weighted by molar-refractivity contribution is 5.96. The maximum atomic E-state index is 12.4. The zero-order valence-corrected chi connectivity index (χ0v) is 12.6. The molecule has 3 atom stereocenters. The molecule has 4 heterocycles. The summed E-state index contributed by atoms with van der Waals surface area (Å²) in [6.45, 7) is 3.23. The standard InChI is InChI=1S/C16H18N4O3/c21-9-18-15-5-11-4-13(17-6-14(11)23-15)16(22)19-12-3-10-1-2-20(7-10)8-12/h4-6,9-10,12H,1-3,7-8H2,(H,18,21)(H,19,22). The number of fused-ring (bicyclic) bond motifs is 3. The lowest BCUT2D eigenvalue weighted by Crippen LogP contribution is -2.47. The van der Waals surface area contributed by atoms with Crippen molar-refractivity contribution >= 4 is 29.2 Å². The maximum absolute atomic E-state index is 12.4. The lowest BCUT2D eigenvalue weighted by Gasteiger charge is -2.30. The Hall–Kier alpha value is -2.41. The monoisotopic (exact) mass is 314 g/mol. The number of piperidine rings is 1. The van der Waals surface area contributed by atoms with Gasteiger partial charge in [-0.15, -0.1) is 0 Å². The molecule has 2 aliphatic rings. The third-order valence-electron chi connectivity index (χ3n) is 4.64. The predicted octanol–water partition coefficient (Wildman–Crippen LogP) is 1.22. The van der Waals surface area contributed by atoms with Crippen LogP contribution in [-0.2, 0) is 4.79 Å². The number of amides is 2. The predicted molar refractivity (Wildman–Crippen MR) is 84.1 cm³/mol. The van der Waals surface area contributed by atoms with Crippen molar-refractivity contribution in [3.8, 4) is 0 Å². The highest BCUT2D eigenvalue weighted by atomic mass is 16.4. The van der Waals surface area contributed by atoms with Gasteiger partial charge in [0.05, 0.1) is 6.20 Å². The van der Waals surface area contributed by atoms with Crippen LogP contribution >= 0.6 is 0 Å². The Morgan fingerprint density at radius 3 is 3.13 bits per heavy atom. The molecule has 0 spiro atoms. The van der Waals surface area contributed by atoms with E-state index in [1.807, 2.05) is 0 Å². The Morgan fingerprint density at radius 1 is 1.39 bits per heavy atom. The van der Waals surface area contributed by atoms with Gasteiger partial charge >= 0.3 is 0 Å². The van der Waals surface area contributed by atoms with Crippen molar-refractivity contribution in [3.05, 3.63) is 24.0 Å². The van der Waals surface area contributed by atoms with E-state index in [-0.39, 0.29) is 11.9 Å². The molecule has 2 aliphatic heterocycles. The van der Waals surface area contributed by atoms with Crippen LogP contribution in [0, 0.1) is 5.92 Å². The summed E-state index contributed by atoms with van der Waals surface area (Å²) in [5, 5.41) is 6.27. The van der Waals surface area contributed by atoms with E-state index in [1.165, 1.54) is 12.6 Å². The van der Waals surface area contributed by atoms with Crippen LogP contribution in [-0.4, -0.2) is 47.9 Å². The molecule has 0 radical (unpaired) electrons. The highest BCUT2D eigenvalue weighted by Gasteiger charge is 2.33. The van der Waals surface area contributed by atoms with Crippen molar-refractivity contribution in [3.63, 3.8) is 0 Å². The summed E-state index contributed by atoms with van der Waals surface area (Å²) < 4.78 is 5.39. The molecule has 3 unspecified atom stereocenters. The van der Waals surface area contributed by atoms with Gasteiger partial charge in [-0.3, -0.25) is 14.9 Å². The highest BCUT2D eigenvalue weighted by Crippen LogP contribution is 2.27. The van der Waals surface area contributed by atoms with Gasteiger partial charge in [0.15, 0.2) is 5.58 Å². The molecular weight excluding hydrogens is 296 g/mol. The van der Waals surface area contributed by atoms with Gasteiger partial charge in [0.25, 0.3) is 5.91 Å². The first-order chi connectivity index (χ1) is 11.2. The molecule has 2 saturated heterocycles. The molecule has 120 valence electrons. The van der Waals surface area contributed by atoms with Crippen LogP contribution < -0.4 is 10.6 Å². The number of nitrogens with one attached hydrogen (secondary N) is 2. The largest absolute Gasteiger partial charge is 0.439 e. The fourth-order valence-electron chi connectivity index (χ4n) is 3.62. The van der Waals surface area contributed by atoms with Crippen LogP contribution in [0.2, 0.25) is 0 Å². The number of nitrogens with zero attached hydrogens (tertiary/aromatic N) is 2. The van der Waals surface area contributed by atoms with E-state index in [1.54, 1.807) is 12.1 Å². The summed E-state index contributed by atoms with van der Waals surface area (Å²) >= 11 is 0. The van der Waals surface area contributed by atoms with E-state index in [0.29, 0.717) is 29.5 Å². The second kappa shape index (κ2) is 5.66. The SMILES string of the molecule is O=CNc1cc2cc(C(=O)NC3CC4CCN(C4)C3)ncc2o1. The second-order valence-corrected chi connectivity index (χ2v) is 6.30. The Morgan fingerprint density at radius 2 is 2.30 bits per heavy atom. The zero-order chi connectivity index (χ0) is 15.8.